The van der Waals surface area contributed by atoms with E-state index in [0.29, 0.717) is 39.4 Å². The number of benzene rings is 3. The second-order valence-corrected chi connectivity index (χ2v) is 8.45. The highest BCUT2D eigenvalue weighted by molar-refractivity contribution is 5.86. The maximum Gasteiger partial charge on any atom is 0.344 e. The second-order valence-electron chi connectivity index (χ2n) is 8.45. The van der Waals surface area contributed by atoms with Gasteiger partial charge in [0, 0.05) is 17.8 Å². The van der Waals surface area contributed by atoms with Crippen molar-refractivity contribution >= 4 is 28.2 Å². The minimum atomic E-state index is -0.604. The Bertz CT molecular complexity index is 1710. The van der Waals surface area contributed by atoms with E-state index in [4.69, 9.17) is 9.15 Å². The van der Waals surface area contributed by atoms with Gasteiger partial charge in [-0.15, -0.1) is 0 Å². The average Bonchev–Trinajstić information content (AvgIpc) is 2.88. The number of para-hydroxylation sites is 1. The Morgan fingerprint density at radius 2 is 1.78 bits per heavy atom. The van der Waals surface area contributed by atoms with Crippen molar-refractivity contribution in [3.8, 4) is 11.6 Å². The molecule has 0 amide bonds. The quantitative estimate of drug-likeness (QED) is 0.191. The number of non-ortho nitro benzene ring substituents is 1. The summed E-state index contributed by atoms with van der Waals surface area (Å²) in [7, 11) is 0. The van der Waals surface area contributed by atoms with Gasteiger partial charge in [0.15, 0.2) is 5.75 Å². The van der Waals surface area contributed by atoms with Gasteiger partial charge < -0.3 is 14.5 Å². The normalized spacial score (nSPS) is 14.0. The maximum atomic E-state index is 13.3. The minimum absolute atomic E-state index is 0.0632. The number of nitro groups is 1. The van der Waals surface area contributed by atoms with Crippen LogP contribution in [0.1, 0.15) is 28.2 Å². The van der Waals surface area contributed by atoms with Crippen molar-refractivity contribution < 1.29 is 14.1 Å². The number of anilines is 2. The number of aromatic nitrogens is 2. The van der Waals surface area contributed by atoms with Crippen LogP contribution >= 0.6 is 0 Å². The molecule has 6 rings (SSSR count). The van der Waals surface area contributed by atoms with E-state index in [1.165, 1.54) is 18.5 Å². The predicted octanol–water partition coefficient (Wildman–Crippen LogP) is 5.83. The largest absolute Gasteiger partial charge is 0.437 e. The molecule has 1 unspecified atom stereocenters. The van der Waals surface area contributed by atoms with Gasteiger partial charge in [-0.1, -0.05) is 48.0 Å². The average molecular weight is 478 g/mol. The van der Waals surface area contributed by atoms with Crippen LogP contribution in [0.2, 0.25) is 0 Å². The molecule has 36 heavy (non-hydrogen) atoms. The number of hydrogen-bond donors (Lipinski definition) is 1. The SMILES string of the molecule is Cc1ccc(C2c3c(Nc4cccc([N+](=O)[O-])c4)ncnc3Oc3c2c(=O)oc2ccccc32)cc1. The lowest BCUT2D eigenvalue weighted by molar-refractivity contribution is -0.384. The molecule has 2 aromatic heterocycles. The zero-order chi connectivity index (χ0) is 24.8. The van der Waals surface area contributed by atoms with Crippen molar-refractivity contribution in [3.63, 3.8) is 0 Å². The molecule has 0 saturated heterocycles. The van der Waals surface area contributed by atoms with Crippen LogP contribution in [0, 0.1) is 17.0 Å². The molecular formula is C27H18N4O5. The van der Waals surface area contributed by atoms with E-state index in [0.717, 1.165) is 11.1 Å². The molecule has 0 saturated carbocycles. The lowest BCUT2D eigenvalue weighted by Crippen LogP contribution is -2.22. The van der Waals surface area contributed by atoms with E-state index in [1.54, 1.807) is 24.3 Å². The van der Waals surface area contributed by atoms with Crippen molar-refractivity contribution in [1.29, 1.82) is 0 Å². The van der Waals surface area contributed by atoms with E-state index in [9.17, 15) is 14.9 Å². The van der Waals surface area contributed by atoms with E-state index in [-0.39, 0.29) is 11.6 Å². The molecule has 0 aliphatic carbocycles. The third-order valence-corrected chi connectivity index (χ3v) is 6.15. The number of nitrogens with zero attached hydrogens (tertiary/aromatic N) is 3. The fraction of sp³-hybridized carbons (Fsp3) is 0.0741. The van der Waals surface area contributed by atoms with E-state index in [2.05, 4.69) is 15.3 Å². The Morgan fingerprint density at radius 1 is 0.972 bits per heavy atom. The Morgan fingerprint density at radius 3 is 2.58 bits per heavy atom. The van der Waals surface area contributed by atoms with Crippen LogP contribution in [-0.4, -0.2) is 14.9 Å². The van der Waals surface area contributed by atoms with Crippen LogP contribution in [0.4, 0.5) is 17.2 Å². The molecular weight excluding hydrogens is 460 g/mol. The highest BCUT2D eigenvalue weighted by Crippen LogP contribution is 2.49. The van der Waals surface area contributed by atoms with Crippen LogP contribution in [0.15, 0.2) is 88.3 Å². The summed E-state index contributed by atoms with van der Waals surface area (Å²) in [4.78, 5) is 32.9. The monoisotopic (exact) mass is 478 g/mol. The first kappa shape index (κ1) is 21.5. The van der Waals surface area contributed by atoms with Crippen molar-refractivity contribution in [1.82, 2.24) is 9.97 Å². The standard InChI is InChI=1S/C27H18N4O5/c1-15-9-11-16(12-10-15)21-22-24(19-7-2-3-8-20(19)35-27(22)32)36-26-23(21)25(28-14-29-26)30-17-5-4-6-18(13-17)31(33)34/h2-14,21H,1H3,(H,28,29,30). The number of ether oxygens (including phenoxy) is 1. The van der Waals surface area contributed by atoms with Crippen LogP contribution < -0.4 is 15.7 Å². The van der Waals surface area contributed by atoms with Crippen LogP contribution in [0.3, 0.4) is 0 Å². The predicted molar refractivity (Wildman–Crippen MR) is 133 cm³/mol. The van der Waals surface area contributed by atoms with Crippen molar-refractivity contribution in [2.75, 3.05) is 5.32 Å². The van der Waals surface area contributed by atoms with Crippen LogP contribution in [0.25, 0.3) is 11.0 Å². The first-order valence-electron chi connectivity index (χ1n) is 11.2. The lowest BCUT2D eigenvalue weighted by atomic mass is 9.83. The molecule has 0 bridgehead atoms. The summed E-state index contributed by atoms with van der Waals surface area (Å²) in [6.07, 6.45) is 1.35. The van der Waals surface area contributed by atoms with Crippen molar-refractivity contribution in [2.24, 2.45) is 0 Å². The van der Waals surface area contributed by atoms with Crippen LogP contribution in [0.5, 0.6) is 11.6 Å². The fourth-order valence-electron chi connectivity index (χ4n) is 4.48. The summed E-state index contributed by atoms with van der Waals surface area (Å²) < 4.78 is 11.9. The molecule has 1 atom stereocenters. The van der Waals surface area contributed by atoms with E-state index in [1.807, 2.05) is 43.3 Å². The molecule has 9 nitrogen and oxygen atoms in total. The molecule has 3 aromatic carbocycles. The van der Waals surface area contributed by atoms with Gasteiger partial charge in [-0.05, 0) is 30.7 Å². The van der Waals surface area contributed by atoms with Gasteiger partial charge in [-0.3, -0.25) is 10.1 Å². The molecule has 1 N–H and O–H groups in total. The molecule has 5 aromatic rings. The molecule has 1 aliphatic heterocycles. The number of nitrogens with one attached hydrogen (secondary N) is 1. The molecule has 1 aliphatic rings. The Labute approximate surface area is 204 Å². The van der Waals surface area contributed by atoms with Gasteiger partial charge in [-0.25, -0.2) is 14.8 Å². The van der Waals surface area contributed by atoms with Gasteiger partial charge in [0.1, 0.15) is 17.7 Å². The van der Waals surface area contributed by atoms with E-state index >= 15 is 0 Å². The van der Waals surface area contributed by atoms with Gasteiger partial charge >= 0.3 is 5.63 Å². The number of nitro benzene ring substituents is 1. The van der Waals surface area contributed by atoms with Gasteiger partial charge in [-0.2, -0.15) is 0 Å². The van der Waals surface area contributed by atoms with Gasteiger partial charge in [0.2, 0.25) is 5.88 Å². The summed E-state index contributed by atoms with van der Waals surface area (Å²) >= 11 is 0. The summed E-state index contributed by atoms with van der Waals surface area (Å²) in [6.45, 7) is 1.98. The van der Waals surface area contributed by atoms with E-state index < -0.39 is 16.5 Å². The third kappa shape index (κ3) is 3.54. The highest BCUT2D eigenvalue weighted by atomic mass is 16.6. The topological polar surface area (TPSA) is 120 Å². The Balaban J connectivity index is 1.59. The molecule has 3 heterocycles. The van der Waals surface area contributed by atoms with Crippen molar-refractivity contribution in [2.45, 2.75) is 12.8 Å². The zero-order valence-corrected chi connectivity index (χ0v) is 19.0. The number of rotatable bonds is 4. The fourth-order valence-corrected chi connectivity index (χ4v) is 4.48. The van der Waals surface area contributed by atoms with Gasteiger partial charge in [0.05, 0.1) is 27.4 Å². The molecule has 0 spiro atoms. The highest BCUT2D eigenvalue weighted by Gasteiger charge is 2.37. The molecule has 9 heteroatoms. The molecule has 0 radical (unpaired) electrons. The third-order valence-electron chi connectivity index (χ3n) is 6.15. The van der Waals surface area contributed by atoms with Gasteiger partial charge in [0.25, 0.3) is 5.69 Å². The maximum absolute atomic E-state index is 13.3. The first-order chi connectivity index (χ1) is 17.5. The summed E-state index contributed by atoms with van der Waals surface area (Å²) in [5.41, 5.74) is 3.05. The number of hydrogen-bond acceptors (Lipinski definition) is 8. The van der Waals surface area contributed by atoms with Crippen molar-refractivity contribution in [3.05, 3.63) is 122 Å². The first-order valence-corrected chi connectivity index (χ1v) is 11.2. The Kier molecular flexibility index (Phi) is 4.96. The number of fused-ring (bicyclic) bond motifs is 4. The smallest absolute Gasteiger partial charge is 0.344 e. The van der Waals surface area contributed by atoms with Crippen LogP contribution in [-0.2, 0) is 0 Å². The number of aryl methyl sites for hydroxylation is 1. The zero-order valence-electron chi connectivity index (χ0n) is 19.0. The Hall–Kier alpha value is -5.05. The summed E-state index contributed by atoms with van der Waals surface area (Å²) in [6, 6.07) is 21.1. The minimum Gasteiger partial charge on any atom is -0.437 e. The summed E-state index contributed by atoms with van der Waals surface area (Å²) in [5, 5.41) is 15.1. The molecule has 176 valence electrons. The second kappa shape index (κ2) is 8.31. The summed E-state index contributed by atoms with van der Waals surface area (Å²) in [5.74, 6) is 0.434. The lowest BCUT2D eigenvalue weighted by Gasteiger charge is -2.28. The molecule has 0 fully saturated rings.